The summed E-state index contributed by atoms with van der Waals surface area (Å²) in [4.78, 5) is 0. The van der Waals surface area contributed by atoms with Gasteiger partial charge < -0.3 is 0 Å². The Morgan fingerprint density at radius 2 is 1.00 bits per heavy atom. The fourth-order valence-electron chi connectivity index (χ4n) is 2.19. The monoisotopic (exact) mass is 212 g/mol. The first-order valence-corrected chi connectivity index (χ1v) is 7.12. The molecule has 15 heavy (non-hydrogen) atoms. The molecule has 0 amide bonds. The molecular weight excluding hydrogens is 180 g/mol. The first kappa shape index (κ1) is 15.0. The van der Waals surface area contributed by atoms with Gasteiger partial charge in [-0.1, -0.05) is 79.1 Å². The highest BCUT2D eigenvalue weighted by Gasteiger charge is 2.16. The molecule has 0 aliphatic heterocycles. The van der Waals surface area contributed by atoms with Crippen LogP contribution in [0.1, 0.15) is 91.9 Å². The Kier molecular flexibility index (Phi) is 9.24. The molecule has 0 rings (SSSR count). The van der Waals surface area contributed by atoms with Crippen LogP contribution in [0.25, 0.3) is 0 Å². The highest BCUT2D eigenvalue weighted by Crippen LogP contribution is 2.30. The molecule has 92 valence electrons. The second-order valence-electron chi connectivity index (χ2n) is 5.79. The molecule has 0 aromatic rings. The minimum Gasteiger partial charge on any atom is -0.0654 e. The third-order valence-corrected chi connectivity index (χ3v) is 3.41. The largest absolute Gasteiger partial charge is 0.0654 e. The van der Waals surface area contributed by atoms with Gasteiger partial charge in [0, 0.05) is 0 Å². The lowest BCUT2D eigenvalue weighted by Gasteiger charge is -2.24. The van der Waals surface area contributed by atoms with Crippen molar-refractivity contribution in [2.24, 2.45) is 5.41 Å². The molecule has 0 heteroatoms. The summed E-state index contributed by atoms with van der Waals surface area (Å²) in [6.07, 6.45) is 14.2. The van der Waals surface area contributed by atoms with Crippen molar-refractivity contribution < 1.29 is 0 Å². The van der Waals surface area contributed by atoms with Crippen LogP contribution in [0.3, 0.4) is 0 Å². The molecule has 0 unspecified atom stereocenters. The van der Waals surface area contributed by atoms with Crippen LogP contribution in [0.2, 0.25) is 0 Å². The fourth-order valence-corrected chi connectivity index (χ4v) is 2.19. The van der Waals surface area contributed by atoms with Crippen molar-refractivity contribution in [3.05, 3.63) is 0 Å². The molecule has 0 radical (unpaired) electrons. The summed E-state index contributed by atoms with van der Waals surface area (Å²) in [6.45, 7) is 9.47. The lowest BCUT2D eigenvalue weighted by molar-refractivity contribution is 0.283. The maximum Gasteiger partial charge on any atom is -0.0354 e. The van der Waals surface area contributed by atoms with Gasteiger partial charge in [-0.25, -0.2) is 0 Å². The molecule has 0 nitrogen and oxygen atoms in total. The summed E-state index contributed by atoms with van der Waals surface area (Å²) in [5, 5.41) is 0. The molecule has 0 N–H and O–H groups in total. The van der Waals surface area contributed by atoms with Crippen molar-refractivity contribution >= 4 is 0 Å². The summed E-state index contributed by atoms with van der Waals surface area (Å²) in [7, 11) is 0. The molecule has 0 bridgehead atoms. The first-order chi connectivity index (χ1) is 7.12. The number of hydrogen-bond donors (Lipinski definition) is 0. The lowest BCUT2D eigenvalue weighted by atomic mass is 9.82. The highest BCUT2D eigenvalue weighted by molar-refractivity contribution is 4.68. The van der Waals surface area contributed by atoms with E-state index in [0.717, 1.165) is 0 Å². The summed E-state index contributed by atoms with van der Waals surface area (Å²) in [5.74, 6) is 0. The smallest absolute Gasteiger partial charge is 0.0354 e. The predicted molar refractivity (Wildman–Crippen MR) is 71.3 cm³/mol. The zero-order valence-corrected chi connectivity index (χ0v) is 11.6. The average molecular weight is 212 g/mol. The fraction of sp³-hybridized carbons (Fsp3) is 1.00. The van der Waals surface area contributed by atoms with E-state index >= 15 is 0 Å². The molecule has 0 heterocycles. The van der Waals surface area contributed by atoms with Crippen molar-refractivity contribution in [2.75, 3.05) is 0 Å². The van der Waals surface area contributed by atoms with Gasteiger partial charge in [-0.3, -0.25) is 0 Å². The Hall–Kier alpha value is 0. The Morgan fingerprint density at radius 3 is 1.53 bits per heavy atom. The topological polar surface area (TPSA) is 0 Å². The number of rotatable bonds is 10. The summed E-state index contributed by atoms with van der Waals surface area (Å²) in [6, 6.07) is 0. The molecule has 0 fully saturated rings. The normalized spacial score (nSPS) is 12.0. The molecule has 0 aromatic heterocycles. The zero-order valence-electron chi connectivity index (χ0n) is 11.6. The molecule has 0 aromatic carbocycles. The van der Waals surface area contributed by atoms with E-state index in [1.807, 2.05) is 0 Å². The molecule has 0 saturated carbocycles. The third kappa shape index (κ3) is 10.3. The van der Waals surface area contributed by atoms with Crippen LogP contribution >= 0.6 is 0 Å². The van der Waals surface area contributed by atoms with Crippen LogP contribution in [0.15, 0.2) is 0 Å². The van der Waals surface area contributed by atoms with E-state index in [2.05, 4.69) is 27.7 Å². The molecule has 0 aliphatic rings. The molecule has 0 aliphatic carbocycles. The average Bonchev–Trinajstić information content (AvgIpc) is 2.17. The Balaban J connectivity index is 3.38. The van der Waals surface area contributed by atoms with E-state index in [1.165, 1.54) is 64.2 Å². The van der Waals surface area contributed by atoms with Crippen molar-refractivity contribution in [1.82, 2.24) is 0 Å². The number of hydrogen-bond acceptors (Lipinski definition) is 0. The highest BCUT2D eigenvalue weighted by atomic mass is 14.2. The van der Waals surface area contributed by atoms with Crippen LogP contribution < -0.4 is 0 Å². The molecule has 0 saturated heterocycles. The van der Waals surface area contributed by atoms with Gasteiger partial charge in [-0.15, -0.1) is 0 Å². The summed E-state index contributed by atoms with van der Waals surface area (Å²) >= 11 is 0. The molecule has 0 atom stereocenters. The lowest BCUT2D eigenvalue weighted by Crippen LogP contribution is -2.10. The second kappa shape index (κ2) is 9.24. The van der Waals surface area contributed by atoms with Crippen LogP contribution in [0, 0.1) is 5.41 Å². The van der Waals surface area contributed by atoms with Crippen molar-refractivity contribution in [1.29, 1.82) is 0 Å². The standard InChI is InChI=1S/C15H32/c1-5-7-9-10-12-14-15(3,4)13-11-8-6-2/h5-14H2,1-4H3. The maximum absolute atomic E-state index is 2.45. The SMILES string of the molecule is CCCCCCCC(C)(C)CCCCC. The molecule has 0 spiro atoms. The van der Waals surface area contributed by atoms with E-state index in [4.69, 9.17) is 0 Å². The van der Waals surface area contributed by atoms with Gasteiger partial charge in [0.15, 0.2) is 0 Å². The van der Waals surface area contributed by atoms with Gasteiger partial charge in [-0.2, -0.15) is 0 Å². The summed E-state index contributed by atoms with van der Waals surface area (Å²) in [5.41, 5.74) is 0.599. The predicted octanol–water partition coefficient (Wildman–Crippen LogP) is 5.95. The van der Waals surface area contributed by atoms with E-state index in [0.29, 0.717) is 5.41 Å². The third-order valence-electron chi connectivity index (χ3n) is 3.41. The van der Waals surface area contributed by atoms with Gasteiger partial charge in [-0.05, 0) is 18.3 Å². The van der Waals surface area contributed by atoms with Crippen LogP contribution in [-0.2, 0) is 0 Å². The minimum absolute atomic E-state index is 0.599. The van der Waals surface area contributed by atoms with Gasteiger partial charge >= 0.3 is 0 Å². The Morgan fingerprint density at radius 1 is 0.600 bits per heavy atom. The second-order valence-corrected chi connectivity index (χ2v) is 5.79. The van der Waals surface area contributed by atoms with Crippen LogP contribution in [0.5, 0.6) is 0 Å². The van der Waals surface area contributed by atoms with E-state index < -0.39 is 0 Å². The zero-order chi connectivity index (χ0) is 11.6. The van der Waals surface area contributed by atoms with Gasteiger partial charge in [0.25, 0.3) is 0 Å². The summed E-state index contributed by atoms with van der Waals surface area (Å²) < 4.78 is 0. The van der Waals surface area contributed by atoms with E-state index in [-0.39, 0.29) is 0 Å². The van der Waals surface area contributed by atoms with Gasteiger partial charge in [0.05, 0.1) is 0 Å². The molecular formula is C15H32. The van der Waals surface area contributed by atoms with Crippen LogP contribution in [0.4, 0.5) is 0 Å². The van der Waals surface area contributed by atoms with Gasteiger partial charge in [0.1, 0.15) is 0 Å². The van der Waals surface area contributed by atoms with E-state index in [1.54, 1.807) is 0 Å². The Bertz CT molecular complexity index is 124. The minimum atomic E-state index is 0.599. The maximum atomic E-state index is 2.45. The van der Waals surface area contributed by atoms with Crippen molar-refractivity contribution in [3.63, 3.8) is 0 Å². The quantitative estimate of drug-likeness (QED) is 0.392. The number of unbranched alkanes of at least 4 members (excludes halogenated alkanes) is 6. The first-order valence-electron chi connectivity index (χ1n) is 7.12. The van der Waals surface area contributed by atoms with Crippen molar-refractivity contribution in [2.45, 2.75) is 91.9 Å². The van der Waals surface area contributed by atoms with Crippen LogP contribution in [-0.4, -0.2) is 0 Å². The van der Waals surface area contributed by atoms with E-state index in [9.17, 15) is 0 Å². The van der Waals surface area contributed by atoms with Crippen molar-refractivity contribution in [3.8, 4) is 0 Å². The Labute approximate surface area is 97.8 Å². The van der Waals surface area contributed by atoms with Gasteiger partial charge in [0.2, 0.25) is 0 Å².